The maximum atomic E-state index is 2.28. The zero-order chi connectivity index (χ0) is 10.5. The molecule has 0 bridgehead atoms. The normalized spacial score (nSPS) is 10.7. The average molecular weight is 216 g/mol. The first-order chi connectivity index (χ1) is 6.91. The summed E-state index contributed by atoms with van der Waals surface area (Å²) in [5.41, 5.74) is 0. The first-order valence-corrected chi connectivity index (χ1v) is 7.65. The van der Waals surface area contributed by atoms with Gasteiger partial charge in [-0.1, -0.05) is 58.8 Å². The van der Waals surface area contributed by atoms with E-state index >= 15 is 0 Å². The largest absolute Gasteiger partial charge is 0.162 e. The minimum Gasteiger partial charge on any atom is -0.162 e. The van der Waals surface area contributed by atoms with Gasteiger partial charge in [-0.15, -0.1) is 0 Å². The molecule has 0 aromatic carbocycles. The Balaban J connectivity index is 2.78. The molecule has 0 spiro atoms. The van der Waals surface area contributed by atoms with Crippen LogP contribution in [0.25, 0.3) is 0 Å². The van der Waals surface area contributed by atoms with Gasteiger partial charge in [-0.3, -0.25) is 0 Å². The van der Waals surface area contributed by atoms with Crippen molar-refractivity contribution in [2.24, 2.45) is 0 Å². The van der Waals surface area contributed by atoms with Crippen LogP contribution in [0.2, 0.25) is 0 Å². The van der Waals surface area contributed by atoms with E-state index in [-0.39, 0.29) is 0 Å². The van der Waals surface area contributed by atoms with E-state index in [1.165, 1.54) is 69.3 Å². The predicted molar refractivity (Wildman–Crippen MR) is 70.2 cm³/mol. The van der Waals surface area contributed by atoms with Crippen LogP contribution in [-0.4, -0.2) is 11.5 Å². The second-order valence-corrected chi connectivity index (χ2v) is 5.31. The molecule has 0 atom stereocenters. The lowest BCUT2D eigenvalue weighted by Crippen LogP contribution is -1.85. The molecular weight excluding hydrogens is 188 g/mol. The van der Waals surface area contributed by atoms with Crippen molar-refractivity contribution in [3.8, 4) is 0 Å². The minimum absolute atomic E-state index is 1.36. The summed E-state index contributed by atoms with van der Waals surface area (Å²) in [6, 6.07) is 0. The third-order valence-corrected chi connectivity index (χ3v) is 3.69. The summed E-state index contributed by atoms with van der Waals surface area (Å²) in [4.78, 5) is 0. The maximum Gasteiger partial charge on any atom is -0.00675 e. The molecule has 86 valence electrons. The molecule has 0 amide bonds. The van der Waals surface area contributed by atoms with Crippen molar-refractivity contribution in [1.82, 2.24) is 0 Å². The van der Waals surface area contributed by atoms with Crippen molar-refractivity contribution < 1.29 is 0 Å². The van der Waals surface area contributed by atoms with E-state index in [1.807, 2.05) is 0 Å². The van der Waals surface area contributed by atoms with Gasteiger partial charge in [0.1, 0.15) is 0 Å². The molecule has 0 aliphatic heterocycles. The summed E-state index contributed by atoms with van der Waals surface area (Å²) in [7, 11) is 0. The minimum atomic E-state index is 1.36. The number of hydrogen-bond acceptors (Lipinski definition) is 1. The van der Waals surface area contributed by atoms with Crippen molar-refractivity contribution in [2.45, 2.75) is 71.6 Å². The standard InChI is InChI=1S/C13H28S/c1-3-5-7-9-11-13-14-12-10-8-6-4-2/h3-13H2,1-2H3. The predicted octanol–water partition coefficient (Wildman–Crippen LogP) is 5.27. The highest BCUT2D eigenvalue weighted by molar-refractivity contribution is 7.99. The van der Waals surface area contributed by atoms with Gasteiger partial charge in [0, 0.05) is 0 Å². The molecule has 0 heterocycles. The van der Waals surface area contributed by atoms with Crippen LogP contribution in [0.4, 0.5) is 0 Å². The molecule has 0 saturated heterocycles. The first-order valence-electron chi connectivity index (χ1n) is 6.49. The van der Waals surface area contributed by atoms with E-state index in [0.29, 0.717) is 0 Å². The SMILES string of the molecule is CCCCCCCSCCCCCC. The van der Waals surface area contributed by atoms with Crippen molar-refractivity contribution in [3.63, 3.8) is 0 Å². The molecule has 0 N–H and O–H groups in total. The van der Waals surface area contributed by atoms with Crippen LogP contribution in [0.1, 0.15) is 71.6 Å². The Morgan fingerprint density at radius 2 is 1.00 bits per heavy atom. The molecule has 14 heavy (non-hydrogen) atoms. The highest BCUT2D eigenvalue weighted by Crippen LogP contribution is 2.11. The number of hydrogen-bond donors (Lipinski definition) is 0. The molecule has 0 aliphatic carbocycles. The Bertz CT molecular complexity index is 79.2. The molecule has 0 aromatic rings. The average Bonchev–Trinajstić information content (AvgIpc) is 2.21. The van der Waals surface area contributed by atoms with Crippen molar-refractivity contribution in [3.05, 3.63) is 0 Å². The Morgan fingerprint density at radius 3 is 1.50 bits per heavy atom. The lowest BCUT2D eigenvalue weighted by atomic mass is 10.2. The zero-order valence-corrected chi connectivity index (χ0v) is 11.0. The molecule has 0 nitrogen and oxygen atoms in total. The second kappa shape index (κ2) is 13.4. The number of thioether (sulfide) groups is 1. The van der Waals surface area contributed by atoms with Crippen LogP contribution in [0.15, 0.2) is 0 Å². The van der Waals surface area contributed by atoms with Gasteiger partial charge in [-0.05, 0) is 24.3 Å². The number of rotatable bonds is 11. The summed E-state index contributed by atoms with van der Waals surface area (Å²) in [6.07, 6.45) is 12.8. The fourth-order valence-electron chi connectivity index (χ4n) is 1.54. The quantitative estimate of drug-likeness (QED) is 0.424. The summed E-state index contributed by atoms with van der Waals surface area (Å²) in [5, 5.41) is 0. The Hall–Kier alpha value is 0.350. The van der Waals surface area contributed by atoms with E-state index in [9.17, 15) is 0 Å². The highest BCUT2D eigenvalue weighted by Gasteiger charge is 1.91. The molecule has 0 radical (unpaired) electrons. The monoisotopic (exact) mass is 216 g/mol. The molecule has 0 saturated carbocycles. The van der Waals surface area contributed by atoms with Gasteiger partial charge in [0.15, 0.2) is 0 Å². The molecule has 0 aromatic heterocycles. The van der Waals surface area contributed by atoms with Crippen LogP contribution < -0.4 is 0 Å². The van der Waals surface area contributed by atoms with Gasteiger partial charge in [-0.2, -0.15) is 11.8 Å². The molecule has 0 unspecified atom stereocenters. The highest BCUT2D eigenvalue weighted by atomic mass is 32.2. The van der Waals surface area contributed by atoms with Gasteiger partial charge >= 0.3 is 0 Å². The zero-order valence-electron chi connectivity index (χ0n) is 10.2. The second-order valence-electron chi connectivity index (χ2n) is 4.09. The molecule has 0 aliphatic rings. The smallest absolute Gasteiger partial charge is 0.00675 e. The van der Waals surface area contributed by atoms with Crippen LogP contribution in [-0.2, 0) is 0 Å². The van der Waals surface area contributed by atoms with Gasteiger partial charge in [0.25, 0.3) is 0 Å². The third kappa shape index (κ3) is 12.3. The Kier molecular flexibility index (Phi) is 13.7. The summed E-state index contributed by atoms with van der Waals surface area (Å²) >= 11 is 2.16. The Morgan fingerprint density at radius 1 is 0.571 bits per heavy atom. The summed E-state index contributed by atoms with van der Waals surface area (Å²) in [5.74, 6) is 2.80. The molecule has 0 fully saturated rings. The molecule has 0 rings (SSSR count). The molecular formula is C13H28S. The third-order valence-electron chi connectivity index (χ3n) is 2.53. The maximum absolute atomic E-state index is 2.28. The van der Waals surface area contributed by atoms with Gasteiger partial charge < -0.3 is 0 Å². The van der Waals surface area contributed by atoms with Crippen molar-refractivity contribution in [2.75, 3.05) is 11.5 Å². The fraction of sp³-hybridized carbons (Fsp3) is 1.00. The van der Waals surface area contributed by atoms with Crippen molar-refractivity contribution >= 4 is 11.8 Å². The van der Waals surface area contributed by atoms with Crippen LogP contribution >= 0.6 is 11.8 Å². The van der Waals surface area contributed by atoms with E-state index in [4.69, 9.17) is 0 Å². The van der Waals surface area contributed by atoms with E-state index in [1.54, 1.807) is 0 Å². The first kappa shape index (κ1) is 14.3. The van der Waals surface area contributed by atoms with E-state index in [2.05, 4.69) is 25.6 Å². The van der Waals surface area contributed by atoms with Crippen LogP contribution in [0, 0.1) is 0 Å². The van der Waals surface area contributed by atoms with Gasteiger partial charge in [0.05, 0.1) is 0 Å². The lowest BCUT2D eigenvalue weighted by molar-refractivity contribution is 0.659. The topological polar surface area (TPSA) is 0 Å². The van der Waals surface area contributed by atoms with Crippen LogP contribution in [0.3, 0.4) is 0 Å². The van der Waals surface area contributed by atoms with E-state index < -0.39 is 0 Å². The molecule has 1 heteroatoms. The van der Waals surface area contributed by atoms with Gasteiger partial charge in [0.2, 0.25) is 0 Å². The van der Waals surface area contributed by atoms with E-state index in [0.717, 1.165) is 0 Å². The van der Waals surface area contributed by atoms with Crippen molar-refractivity contribution in [1.29, 1.82) is 0 Å². The summed E-state index contributed by atoms with van der Waals surface area (Å²) < 4.78 is 0. The fourth-order valence-corrected chi connectivity index (χ4v) is 2.56. The number of unbranched alkanes of at least 4 members (excludes halogenated alkanes) is 7. The lowest BCUT2D eigenvalue weighted by Gasteiger charge is -2.01. The van der Waals surface area contributed by atoms with Crippen LogP contribution in [0.5, 0.6) is 0 Å². The summed E-state index contributed by atoms with van der Waals surface area (Å²) in [6.45, 7) is 4.56. The van der Waals surface area contributed by atoms with Gasteiger partial charge in [-0.25, -0.2) is 0 Å². The Labute approximate surface area is 95.2 Å².